The number of esters is 1. The van der Waals surface area contributed by atoms with E-state index in [1.165, 1.54) is 30.2 Å². The molecule has 2 atom stereocenters. The summed E-state index contributed by atoms with van der Waals surface area (Å²) >= 11 is 0. The summed E-state index contributed by atoms with van der Waals surface area (Å²) in [5.74, 6) is -1.24. The number of ether oxygens (including phenoxy) is 2. The minimum Gasteiger partial charge on any atom is -0.469 e. The van der Waals surface area contributed by atoms with Crippen LogP contribution in [0.5, 0.6) is 0 Å². The van der Waals surface area contributed by atoms with E-state index in [1.807, 2.05) is 0 Å². The van der Waals surface area contributed by atoms with Gasteiger partial charge in [-0.25, -0.2) is 13.2 Å². The van der Waals surface area contributed by atoms with E-state index in [0.29, 0.717) is 17.7 Å². The molecular weight excluding hydrogens is 396 g/mol. The summed E-state index contributed by atoms with van der Waals surface area (Å²) in [5, 5.41) is -0.683. The Bertz CT molecular complexity index is 889. The maximum absolute atomic E-state index is 13.0. The summed E-state index contributed by atoms with van der Waals surface area (Å²) in [7, 11) is -2.42. The van der Waals surface area contributed by atoms with Crippen molar-refractivity contribution in [1.29, 1.82) is 0 Å². The van der Waals surface area contributed by atoms with Crippen molar-refractivity contribution in [2.75, 3.05) is 19.4 Å². The molecule has 162 valence electrons. The first-order valence-electron chi connectivity index (χ1n) is 9.50. The smallest absolute Gasteiger partial charge is 0.410 e. The van der Waals surface area contributed by atoms with Crippen molar-refractivity contribution in [3.63, 3.8) is 0 Å². The maximum atomic E-state index is 13.0. The van der Waals surface area contributed by atoms with Gasteiger partial charge in [0.15, 0.2) is 9.84 Å². The van der Waals surface area contributed by atoms with E-state index < -0.39 is 44.7 Å². The monoisotopic (exact) mass is 426 g/mol. The van der Waals surface area contributed by atoms with Crippen LogP contribution in [0.15, 0.2) is 23.1 Å². The largest absolute Gasteiger partial charge is 0.469 e. The molecule has 0 aromatic heterocycles. The summed E-state index contributed by atoms with van der Waals surface area (Å²) in [6.07, 6.45) is -0.295. The van der Waals surface area contributed by atoms with Gasteiger partial charge in [-0.2, -0.15) is 0 Å². The van der Waals surface area contributed by atoms with Gasteiger partial charge in [0.1, 0.15) is 5.60 Å². The molecule has 0 saturated carbocycles. The Morgan fingerprint density at radius 1 is 1.24 bits per heavy atom. The maximum Gasteiger partial charge on any atom is 0.410 e. The Morgan fingerprint density at radius 2 is 1.86 bits per heavy atom. The highest BCUT2D eigenvalue weighted by Crippen LogP contribution is 2.42. The fourth-order valence-electron chi connectivity index (χ4n) is 3.41. The fraction of sp³-hybridized carbons (Fsp3) is 0.600. The molecule has 2 N–H and O–H groups in total. The Hall–Kier alpha value is -2.29. The van der Waals surface area contributed by atoms with Gasteiger partial charge in [-0.1, -0.05) is 0 Å². The van der Waals surface area contributed by atoms with E-state index in [1.54, 1.807) is 34.6 Å². The topological polar surface area (TPSA) is 116 Å². The van der Waals surface area contributed by atoms with Crippen LogP contribution in [-0.4, -0.2) is 49.9 Å². The van der Waals surface area contributed by atoms with Gasteiger partial charge in [0.25, 0.3) is 0 Å². The van der Waals surface area contributed by atoms with Crippen molar-refractivity contribution >= 4 is 27.6 Å². The lowest BCUT2D eigenvalue weighted by Gasteiger charge is -2.31. The number of sulfone groups is 1. The molecule has 1 aliphatic heterocycles. The van der Waals surface area contributed by atoms with Gasteiger partial charge in [0, 0.05) is 12.2 Å². The number of rotatable bonds is 4. The van der Waals surface area contributed by atoms with Crippen molar-refractivity contribution < 1.29 is 27.5 Å². The summed E-state index contributed by atoms with van der Waals surface area (Å²) in [5.41, 5.74) is 5.84. The highest BCUT2D eigenvalue weighted by Gasteiger charge is 2.46. The summed E-state index contributed by atoms with van der Waals surface area (Å²) in [6.45, 7) is 8.60. The summed E-state index contributed by atoms with van der Waals surface area (Å²) in [6, 6.07) is 3.58. The van der Waals surface area contributed by atoms with Crippen LogP contribution in [0.25, 0.3) is 0 Å². The third-order valence-corrected chi connectivity index (χ3v) is 7.04. The van der Waals surface area contributed by atoms with Crippen molar-refractivity contribution in [1.82, 2.24) is 4.90 Å². The first kappa shape index (κ1) is 23.0. The number of hydrogen-bond donors (Lipinski definition) is 1. The van der Waals surface area contributed by atoms with Gasteiger partial charge in [-0.3, -0.25) is 4.79 Å². The molecule has 1 heterocycles. The van der Waals surface area contributed by atoms with Crippen LogP contribution in [-0.2, 0) is 24.1 Å². The van der Waals surface area contributed by atoms with Crippen LogP contribution in [0.4, 0.5) is 10.5 Å². The van der Waals surface area contributed by atoms with E-state index in [9.17, 15) is 18.0 Å². The van der Waals surface area contributed by atoms with Gasteiger partial charge in [-0.05, 0) is 64.8 Å². The Balaban J connectivity index is 2.66. The third-order valence-electron chi connectivity index (χ3n) is 4.81. The molecule has 0 spiro atoms. The van der Waals surface area contributed by atoms with Crippen molar-refractivity contribution in [2.24, 2.45) is 5.92 Å². The second kappa shape index (κ2) is 8.22. The third kappa shape index (κ3) is 4.83. The Labute approximate surface area is 172 Å². The Kier molecular flexibility index (Phi) is 6.51. The van der Waals surface area contributed by atoms with E-state index in [2.05, 4.69) is 0 Å². The second-order valence-corrected chi connectivity index (χ2v) is 10.9. The SMILES string of the molecule is COC(=O)[C@@H]1CCN(C(=O)OC(C)(C)C)[C@@H]1c1cc(N)ccc1S(=O)(=O)C(C)C. The lowest BCUT2D eigenvalue weighted by atomic mass is 9.93. The average Bonchev–Trinajstić information content (AvgIpc) is 3.04. The van der Waals surface area contributed by atoms with Crippen LogP contribution in [0.2, 0.25) is 0 Å². The molecule has 0 unspecified atom stereocenters. The van der Waals surface area contributed by atoms with Gasteiger partial charge in [0.2, 0.25) is 0 Å². The molecule has 2 rings (SSSR count). The summed E-state index contributed by atoms with van der Waals surface area (Å²) in [4.78, 5) is 26.7. The molecule has 1 aromatic carbocycles. The van der Waals surface area contributed by atoms with Gasteiger partial charge in [0.05, 0.1) is 29.2 Å². The van der Waals surface area contributed by atoms with E-state index in [-0.39, 0.29) is 11.4 Å². The van der Waals surface area contributed by atoms with Crippen molar-refractivity contribution in [2.45, 2.75) is 62.8 Å². The fourth-order valence-corrected chi connectivity index (χ4v) is 4.69. The standard InChI is InChI=1S/C20H30N2O6S/c1-12(2)29(25,26)16-8-7-13(21)11-15(16)17-14(18(23)27-6)9-10-22(17)19(24)28-20(3,4)5/h7-8,11-12,14,17H,9-10,21H2,1-6H3/t14-,17+/m1/s1. The minimum atomic E-state index is -3.69. The molecule has 1 saturated heterocycles. The molecule has 0 bridgehead atoms. The van der Waals surface area contributed by atoms with E-state index in [4.69, 9.17) is 15.2 Å². The van der Waals surface area contributed by atoms with Crippen LogP contribution in [0, 0.1) is 5.92 Å². The lowest BCUT2D eigenvalue weighted by Crippen LogP contribution is -2.39. The molecule has 29 heavy (non-hydrogen) atoms. The van der Waals surface area contributed by atoms with Crippen molar-refractivity contribution in [3.8, 4) is 0 Å². The second-order valence-electron chi connectivity index (χ2n) is 8.43. The number of carbonyl (C=O) groups excluding carboxylic acids is 2. The number of benzene rings is 1. The van der Waals surface area contributed by atoms with E-state index >= 15 is 0 Å². The van der Waals surface area contributed by atoms with Gasteiger partial charge in [-0.15, -0.1) is 0 Å². The van der Waals surface area contributed by atoms with E-state index in [0.717, 1.165) is 0 Å². The molecule has 1 amide bonds. The molecular formula is C20H30N2O6S. The lowest BCUT2D eigenvalue weighted by molar-refractivity contribution is -0.146. The molecule has 1 aromatic rings. The number of methoxy groups -OCH3 is 1. The highest BCUT2D eigenvalue weighted by molar-refractivity contribution is 7.92. The number of amides is 1. The number of anilines is 1. The highest BCUT2D eigenvalue weighted by atomic mass is 32.2. The summed E-state index contributed by atoms with van der Waals surface area (Å²) < 4.78 is 36.4. The average molecular weight is 427 g/mol. The number of nitrogens with zero attached hydrogens (tertiary/aromatic N) is 1. The first-order valence-corrected chi connectivity index (χ1v) is 11.0. The zero-order valence-electron chi connectivity index (χ0n) is 17.8. The molecule has 9 heteroatoms. The zero-order valence-corrected chi connectivity index (χ0v) is 18.6. The molecule has 0 radical (unpaired) electrons. The molecule has 8 nitrogen and oxygen atoms in total. The number of carbonyl (C=O) groups is 2. The molecule has 0 aliphatic carbocycles. The van der Waals surface area contributed by atoms with Gasteiger partial charge < -0.3 is 20.1 Å². The number of likely N-dealkylation sites (tertiary alicyclic amines) is 1. The molecule has 1 fully saturated rings. The van der Waals surface area contributed by atoms with Crippen LogP contribution >= 0.6 is 0 Å². The quantitative estimate of drug-likeness (QED) is 0.581. The van der Waals surface area contributed by atoms with Crippen LogP contribution < -0.4 is 5.73 Å². The Morgan fingerprint density at radius 3 is 2.38 bits per heavy atom. The number of nitrogens with two attached hydrogens (primary N) is 1. The minimum absolute atomic E-state index is 0.0519. The zero-order chi connectivity index (χ0) is 22.1. The first-order chi connectivity index (χ1) is 13.3. The predicted octanol–water partition coefficient (Wildman–Crippen LogP) is 2.92. The van der Waals surface area contributed by atoms with Crippen molar-refractivity contribution in [3.05, 3.63) is 23.8 Å². The number of nitrogen functional groups attached to an aromatic ring is 1. The normalized spacial score (nSPS) is 20.0. The molecule has 1 aliphatic rings. The van der Waals surface area contributed by atoms with Crippen LogP contribution in [0.3, 0.4) is 0 Å². The predicted molar refractivity (Wildman–Crippen MR) is 109 cm³/mol. The number of hydrogen-bond acceptors (Lipinski definition) is 7. The van der Waals surface area contributed by atoms with Crippen LogP contribution in [0.1, 0.15) is 52.6 Å². The van der Waals surface area contributed by atoms with Gasteiger partial charge >= 0.3 is 12.1 Å².